The molecule has 1 saturated carbocycles. The van der Waals surface area contributed by atoms with Gasteiger partial charge in [0.1, 0.15) is 0 Å². The minimum atomic E-state index is 0.508. The van der Waals surface area contributed by atoms with Crippen LogP contribution in [0.1, 0.15) is 39.5 Å². The zero-order valence-electron chi connectivity index (χ0n) is 7.51. The van der Waals surface area contributed by atoms with Gasteiger partial charge in [0, 0.05) is 0 Å². The van der Waals surface area contributed by atoms with E-state index < -0.39 is 0 Å². The number of aliphatic imine (C=N–C) groups is 1. The van der Waals surface area contributed by atoms with Crippen molar-refractivity contribution in [3.8, 4) is 0 Å². The Morgan fingerprint density at radius 2 is 2.27 bits per heavy atom. The molecule has 11 heavy (non-hydrogen) atoms. The second kappa shape index (κ2) is 3.74. The smallest absolute Gasteiger partial charge is 0.0909 e. The van der Waals surface area contributed by atoms with Crippen molar-refractivity contribution in [3.05, 3.63) is 0 Å². The predicted molar refractivity (Wildman–Crippen MR) is 48.7 cm³/mol. The SMILES string of the molecule is CCC(N=C(C)N)C1CCC1. The Balaban J connectivity index is 2.41. The van der Waals surface area contributed by atoms with Gasteiger partial charge in [-0.3, -0.25) is 4.99 Å². The topological polar surface area (TPSA) is 38.4 Å². The summed E-state index contributed by atoms with van der Waals surface area (Å²) in [7, 11) is 0. The third-order valence-corrected chi connectivity index (χ3v) is 2.48. The molecule has 1 aliphatic rings. The summed E-state index contributed by atoms with van der Waals surface area (Å²) in [6.45, 7) is 4.07. The van der Waals surface area contributed by atoms with Gasteiger partial charge in [0.05, 0.1) is 11.9 Å². The molecule has 1 atom stereocenters. The van der Waals surface area contributed by atoms with Crippen LogP contribution in [0.15, 0.2) is 4.99 Å². The number of rotatable bonds is 3. The Morgan fingerprint density at radius 1 is 1.64 bits per heavy atom. The molecule has 1 aliphatic carbocycles. The molecule has 0 saturated heterocycles. The lowest BCUT2D eigenvalue weighted by molar-refractivity contribution is 0.258. The highest BCUT2D eigenvalue weighted by Crippen LogP contribution is 2.32. The fraction of sp³-hybridized carbons (Fsp3) is 0.889. The van der Waals surface area contributed by atoms with E-state index in [0.717, 1.165) is 18.2 Å². The molecule has 0 aliphatic heterocycles. The normalized spacial score (nSPS) is 22.9. The van der Waals surface area contributed by atoms with Crippen LogP contribution in [0.4, 0.5) is 0 Å². The van der Waals surface area contributed by atoms with Crippen molar-refractivity contribution in [1.82, 2.24) is 0 Å². The van der Waals surface area contributed by atoms with Crippen LogP contribution in [0.2, 0.25) is 0 Å². The molecule has 0 amide bonds. The van der Waals surface area contributed by atoms with Gasteiger partial charge in [0.15, 0.2) is 0 Å². The van der Waals surface area contributed by atoms with Gasteiger partial charge in [-0.25, -0.2) is 0 Å². The van der Waals surface area contributed by atoms with E-state index >= 15 is 0 Å². The molecule has 1 unspecified atom stereocenters. The van der Waals surface area contributed by atoms with Gasteiger partial charge in [-0.15, -0.1) is 0 Å². The average Bonchev–Trinajstić information content (AvgIpc) is 1.81. The first-order valence-corrected chi connectivity index (χ1v) is 4.54. The number of amidine groups is 1. The van der Waals surface area contributed by atoms with Crippen molar-refractivity contribution in [3.63, 3.8) is 0 Å². The van der Waals surface area contributed by atoms with Crippen LogP contribution in [0.3, 0.4) is 0 Å². The fourth-order valence-corrected chi connectivity index (χ4v) is 1.62. The summed E-state index contributed by atoms with van der Waals surface area (Å²) in [6, 6.07) is 0.508. The maximum atomic E-state index is 5.54. The molecule has 0 radical (unpaired) electrons. The van der Waals surface area contributed by atoms with Crippen molar-refractivity contribution in [2.24, 2.45) is 16.6 Å². The van der Waals surface area contributed by atoms with Gasteiger partial charge >= 0.3 is 0 Å². The van der Waals surface area contributed by atoms with E-state index in [0.29, 0.717) is 6.04 Å². The molecule has 1 fully saturated rings. The van der Waals surface area contributed by atoms with Crippen LogP contribution in [-0.2, 0) is 0 Å². The zero-order valence-corrected chi connectivity index (χ0v) is 7.51. The molecule has 2 N–H and O–H groups in total. The lowest BCUT2D eigenvalue weighted by Crippen LogP contribution is -2.26. The predicted octanol–water partition coefficient (Wildman–Crippen LogP) is 1.94. The average molecular weight is 154 g/mol. The van der Waals surface area contributed by atoms with Gasteiger partial charge in [0.25, 0.3) is 0 Å². The summed E-state index contributed by atoms with van der Waals surface area (Å²) >= 11 is 0. The Labute approximate surface area is 68.9 Å². The van der Waals surface area contributed by atoms with Crippen LogP contribution < -0.4 is 5.73 Å². The van der Waals surface area contributed by atoms with Crippen molar-refractivity contribution < 1.29 is 0 Å². The largest absolute Gasteiger partial charge is 0.388 e. The maximum Gasteiger partial charge on any atom is 0.0909 e. The van der Waals surface area contributed by atoms with E-state index in [9.17, 15) is 0 Å². The highest BCUT2D eigenvalue weighted by molar-refractivity contribution is 5.77. The third-order valence-electron chi connectivity index (χ3n) is 2.48. The van der Waals surface area contributed by atoms with Crippen molar-refractivity contribution >= 4 is 5.84 Å². The first kappa shape index (κ1) is 8.57. The van der Waals surface area contributed by atoms with Gasteiger partial charge in [-0.05, 0) is 32.1 Å². The molecular formula is C9H18N2. The Hall–Kier alpha value is -0.530. The summed E-state index contributed by atoms with van der Waals surface area (Å²) in [5.41, 5.74) is 5.54. The van der Waals surface area contributed by atoms with E-state index in [1.54, 1.807) is 0 Å². The van der Waals surface area contributed by atoms with E-state index in [-0.39, 0.29) is 0 Å². The number of nitrogens with two attached hydrogens (primary N) is 1. The first-order chi connectivity index (χ1) is 5.24. The quantitative estimate of drug-likeness (QED) is 0.489. The van der Waals surface area contributed by atoms with Crippen LogP contribution in [0, 0.1) is 5.92 Å². The number of hydrogen-bond acceptors (Lipinski definition) is 1. The lowest BCUT2D eigenvalue weighted by atomic mass is 9.79. The molecule has 64 valence electrons. The van der Waals surface area contributed by atoms with E-state index in [2.05, 4.69) is 11.9 Å². The third kappa shape index (κ3) is 2.21. The number of nitrogens with zero attached hydrogens (tertiary/aromatic N) is 1. The standard InChI is InChI=1S/C9H18N2/c1-3-9(11-7(2)10)8-5-4-6-8/h8-9H,3-6H2,1-2H3,(H2,10,11). The second-order valence-electron chi connectivity index (χ2n) is 3.44. The molecule has 0 aromatic heterocycles. The van der Waals surface area contributed by atoms with Gasteiger partial charge in [0.2, 0.25) is 0 Å². The van der Waals surface area contributed by atoms with Crippen molar-refractivity contribution in [2.45, 2.75) is 45.6 Å². The Kier molecular flexibility index (Phi) is 2.92. The molecule has 1 rings (SSSR count). The van der Waals surface area contributed by atoms with Crippen LogP contribution in [-0.4, -0.2) is 11.9 Å². The molecule has 0 bridgehead atoms. The molecule has 0 aromatic rings. The Bertz CT molecular complexity index is 144. The lowest BCUT2D eigenvalue weighted by Gasteiger charge is -2.30. The van der Waals surface area contributed by atoms with E-state index in [4.69, 9.17) is 5.73 Å². The van der Waals surface area contributed by atoms with E-state index in [1.807, 2.05) is 6.92 Å². The minimum Gasteiger partial charge on any atom is -0.388 e. The molecular weight excluding hydrogens is 136 g/mol. The first-order valence-electron chi connectivity index (χ1n) is 4.54. The van der Waals surface area contributed by atoms with Crippen LogP contribution in [0.5, 0.6) is 0 Å². The van der Waals surface area contributed by atoms with Crippen LogP contribution >= 0.6 is 0 Å². The highest BCUT2D eigenvalue weighted by atomic mass is 14.9. The van der Waals surface area contributed by atoms with Crippen LogP contribution in [0.25, 0.3) is 0 Å². The minimum absolute atomic E-state index is 0.508. The maximum absolute atomic E-state index is 5.54. The second-order valence-corrected chi connectivity index (χ2v) is 3.44. The summed E-state index contributed by atoms with van der Waals surface area (Å²) in [4.78, 5) is 4.41. The monoisotopic (exact) mass is 154 g/mol. The molecule has 0 aromatic carbocycles. The van der Waals surface area contributed by atoms with Crippen molar-refractivity contribution in [2.75, 3.05) is 0 Å². The fourth-order valence-electron chi connectivity index (χ4n) is 1.62. The zero-order chi connectivity index (χ0) is 8.27. The van der Waals surface area contributed by atoms with Crippen molar-refractivity contribution in [1.29, 1.82) is 0 Å². The summed E-state index contributed by atoms with van der Waals surface area (Å²) in [5, 5.41) is 0. The number of hydrogen-bond donors (Lipinski definition) is 1. The van der Waals surface area contributed by atoms with Gasteiger partial charge < -0.3 is 5.73 Å². The molecule has 0 heterocycles. The van der Waals surface area contributed by atoms with E-state index in [1.165, 1.54) is 19.3 Å². The van der Waals surface area contributed by atoms with Gasteiger partial charge in [-0.2, -0.15) is 0 Å². The van der Waals surface area contributed by atoms with Gasteiger partial charge in [-0.1, -0.05) is 13.3 Å². The summed E-state index contributed by atoms with van der Waals surface area (Å²) in [6.07, 6.45) is 5.24. The molecule has 2 nitrogen and oxygen atoms in total. The highest BCUT2D eigenvalue weighted by Gasteiger charge is 2.25. The Morgan fingerprint density at radius 3 is 2.55 bits per heavy atom. The molecule has 2 heteroatoms. The summed E-state index contributed by atoms with van der Waals surface area (Å²) < 4.78 is 0. The summed E-state index contributed by atoms with van der Waals surface area (Å²) in [5.74, 6) is 1.57. The molecule has 0 spiro atoms.